The number of piperazine rings is 1. The first-order chi connectivity index (χ1) is 16.6. The number of fused-ring (bicyclic) bond motifs is 1. The lowest BCUT2D eigenvalue weighted by Gasteiger charge is -2.32. The van der Waals surface area contributed by atoms with Gasteiger partial charge in [-0.2, -0.15) is 13.2 Å². The van der Waals surface area contributed by atoms with Crippen LogP contribution in [0.3, 0.4) is 0 Å². The second kappa shape index (κ2) is 10.9. The minimum Gasteiger partial charge on any atom is -0.381 e. The standard InChI is InChI=1S/C23H24F3N5O2.C2H6/c1-13-12-31(8-7-27-13)22(33)15-3-5-17(6-4-15)28-11-16-9-18-20(10-19(16)23(24,25)26)29-14(2)30-21(18)32;1-2/h3-6,9-10,13,27-28H,7-8,11-12H2,1-2H3,(H,29,30,32);1-2H3. The Morgan fingerprint density at radius 1 is 1.20 bits per heavy atom. The second-order valence-electron chi connectivity index (χ2n) is 8.21. The van der Waals surface area contributed by atoms with E-state index in [4.69, 9.17) is 0 Å². The quantitative estimate of drug-likeness (QED) is 0.508. The summed E-state index contributed by atoms with van der Waals surface area (Å²) in [5.74, 6) is 0.169. The van der Waals surface area contributed by atoms with Gasteiger partial charge in [-0.1, -0.05) is 13.8 Å². The summed E-state index contributed by atoms with van der Waals surface area (Å²) in [5, 5.41) is 6.33. The Labute approximate surface area is 201 Å². The van der Waals surface area contributed by atoms with Crippen molar-refractivity contribution in [2.45, 2.75) is 46.5 Å². The maximum Gasteiger partial charge on any atom is 0.416 e. The van der Waals surface area contributed by atoms with Crippen molar-refractivity contribution in [2.24, 2.45) is 0 Å². The minimum absolute atomic E-state index is 0.00239. The zero-order chi connectivity index (χ0) is 25.8. The van der Waals surface area contributed by atoms with E-state index in [0.717, 1.165) is 12.6 Å². The van der Waals surface area contributed by atoms with E-state index in [0.29, 0.717) is 24.3 Å². The molecule has 0 radical (unpaired) electrons. The Morgan fingerprint density at radius 2 is 1.89 bits per heavy atom. The molecule has 1 aromatic heterocycles. The Bertz CT molecular complexity index is 1240. The van der Waals surface area contributed by atoms with Crippen LogP contribution in [0, 0.1) is 6.92 Å². The van der Waals surface area contributed by atoms with Gasteiger partial charge < -0.3 is 20.5 Å². The molecule has 1 amide bonds. The van der Waals surface area contributed by atoms with Crippen LogP contribution in [0.2, 0.25) is 0 Å². The van der Waals surface area contributed by atoms with Gasteiger partial charge in [0, 0.05) is 43.5 Å². The molecule has 1 aliphatic heterocycles. The molecule has 10 heteroatoms. The van der Waals surface area contributed by atoms with Crippen LogP contribution in [0.25, 0.3) is 10.9 Å². The Balaban J connectivity index is 0.00000167. The van der Waals surface area contributed by atoms with Gasteiger partial charge in [0.25, 0.3) is 11.5 Å². The zero-order valence-corrected chi connectivity index (χ0v) is 20.2. The molecule has 0 bridgehead atoms. The van der Waals surface area contributed by atoms with Crippen molar-refractivity contribution in [3.63, 3.8) is 0 Å². The number of H-pyrrole nitrogens is 1. The molecule has 1 saturated heterocycles. The number of hydrogen-bond donors (Lipinski definition) is 3. The number of aryl methyl sites for hydroxylation is 1. The summed E-state index contributed by atoms with van der Waals surface area (Å²) >= 11 is 0. The third-order valence-electron chi connectivity index (χ3n) is 5.62. The topological polar surface area (TPSA) is 90.1 Å². The first-order valence-electron chi connectivity index (χ1n) is 11.6. The number of carbonyl (C=O) groups excluding carboxylic acids is 1. The highest BCUT2D eigenvalue weighted by Gasteiger charge is 2.34. The molecule has 0 saturated carbocycles. The number of carbonyl (C=O) groups is 1. The van der Waals surface area contributed by atoms with E-state index in [9.17, 15) is 22.8 Å². The van der Waals surface area contributed by atoms with Crippen LogP contribution in [-0.2, 0) is 12.7 Å². The molecule has 2 heterocycles. The van der Waals surface area contributed by atoms with Crippen LogP contribution in [-0.4, -0.2) is 46.5 Å². The number of aromatic amines is 1. The fourth-order valence-corrected chi connectivity index (χ4v) is 3.99. The number of alkyl halides is 3. The van der Waals surface area contributed by atoms with Crippen molar-refractivity contribution in [3.8, 4) is 0 Å². The third-order valence-corrected chi connectivity index (χ3v) is 5.62. The van der Waals surface area contributed by atoms with Gasteiger partial charge in [0.2, 0.25) is 0 Å². The number of anilines is 1. The molecule has 4 rings (SSSR count). The Morgan fingerprint density at radius 3 is 2.51 bits per heavy atom. The summed E-state index contributed by atoms with van der Waals surface area (Å²) in [7, 11) is 0. The van der Waals surface area contributed by atoms with Gasteiger partial charge >= 0.3 is 6.18 Å². The molecule has 0 spiro atoms. The zero-order valence-electron chi connectivity index (χ0n) is 20.2. The third kappa shape index (κ3) is 6.19. The summed E-state index contributed by atoms with van der Waals surface area (Å²) in [4.78, 5) is 33.2. The molecule has 1 unspecified atom stereocenters. The van der Waals surface area contributed by atoms with Crippen LogP contribution in [0.1, 0.15) is 48.1 Å². The molecule has 35 heavy (non-hydrogen) atoms. The summed E-state index contributed by atoms with van der Waals surface area (Å²) in [6.07, 6.45) is -4.60. The summed E-state index contributed by atoms with van der Waals surface area (Å²) in [5.41, 5.74) is -0.329. The summed E-state index contributed by atoms with van der Waals surface area (Å²) < 4.78 is 41.0. The molecule has 7 nitrogen and oxygen atoms in total. The second-order valence-corrected chi connectivity index (χ2v) is 8.21. The van der Waals surface area contributed by atoms with Crippen molar-refractivity contribution < 1.29 is 18.0 Å². The molecular weight excluding hydrogens is 459 g/mol. The summed E-state index contributed by atoms with van der Waals surface area (Å²) in [6, 6.07) is 8.97. The van der Waals surface area contributed by atoms with Gasteiger partial charge in [0.1, 0.15) is 5.82 Å². The number of hydrogen-bond acceptors (Lipinski definition) is 5. The first-order valence-corrected chi connectivity index (χ1v) is 11.6. The maximum absolute atomic E-state index is 13.7. The van der Waals surface area contributed by atoms with Crippen molar-refractivity contribution in [3.05, 3.63) is 69.3 Å². The van der Waals surface area contributed by atoms with Gasteiger partial charge in [-0.15, -0.1) is 0 Å². The van der Waals surface area contributed by atoms with Gasteiger partial charge in [-0.25, -0.2) is 4.98 Å². The molecular formula is C25H30F3N5O2. The fraction of sp³-hybridized carbons (Fsp3) is 0.400. The average Bonchev–Trinajstić information content (AvgIpc) is 2.83. The van der Waals surface area contributed by atoms with E-state index in [1.807, 2.05) is 20.8 Å². The molecule has 1 atom stereocenters. The van der Waals surface area contributed by atoms with E-state index in [2.05, 4.69) is 20.6 Å². The van der Waals surface area contributed by atoms with Gasteiger partial charge in [0.05, 0.1) is 16.5 Å². The van der Waals surface area contributed by atoms with Crippen molar-refractivity contribution in [1.29, 1.82) is 0 Å². The largest absolute Gasteiger partial charge is 0.416 e. The van der Waals surface area contributed by atoms with E-state index in [-0.39, 0.29) is 40.8 Å². The SMILES string of the molecule is CC.Cc1nc2cc(C(F)(F)F)c(CNc3ccc(C(=O)N4CCNC(C)C4)cc3)cc2c(=O)[nH]1. The lowest BCUT2D eigenvalue weighted by molar-refractivity contribution is -0.138. The number of halogens is 3. The van der Waals surface area contributed by atoms with Crippen LogP contribution in [0.15, 0.2) is 41.2 Å². The Kier molecular flexibility index (Phi) is 8.16. The minimum atomic E-state index is -4.60. The van der Waals surface area contributed by atoms with Crippen molar-refractivity contribution >= 4 is 22.5 Å². The highest BCUT2D eigenvalue weighted by Crippen LogP contribution is 2.34. The molecule has 0 aliphatic carbocycles. The number of benzene rings is 2. The van der Waals surface area contributed by atoms with E-state index in [1.165, 1.54) is 13.0 Å². The predicted molar refractivity (Wildman–Crippen MR) is 131 cm³/mol. The molecule has 3 N–H and O–H groups in total. The van der Waals surface area contributed by atoms with Crippen LogP contribution >= 0.6 is 0 Å². The Hall–Kier alpha value is -3.40. The monoisotopic (exact) mass is 489 g/mol. The van der Waals surface area contributed by atoms with Crippen LogP contribution in [0.4, 0.5) is 18.9 Å². The van der Waals surface area contributed by atoms with Crippen molar-refractivity contribution in [2.75, 3.05) is 25.0 Å². The fourth-order valence-electron chi connectivity index (χ4n) is 3.99. The van der Waals surface area contributed by atoms with Crippen molar-refractivity contribution in [1.82, 2.24) is 20.2 Å². The molecule has 1 aliphatic rings. The van der Waals surface area contributed by atoms with Gasteiger partial charge in [-0.3, -0.25) is 9.59 Å². The highest BCUT2D eigenvalue weighted by atomic mass is 19.4. The number of aromatic nitrogens is 2. The molecule has 188 valence electrons. The maximum atomic E-state index is 13.7. The smallest absolute Gasteiger partial charge is 0.381 e. The normalized spacial score (nSPS) is 16.0. The number of amides is 1. The van der Waals surface area contributed by atoms with E-state index >= 15 is 0 Å². The van der Waals surface area contributed by atoms with E-state index in [1.54, 1.807) is 29.2 Å². The molecule has 3 aromatic rings. The molecule has 2 aromatic carbocycles. The van der Waals surface area contributed by atoms with Gasteiger partial charge in [-0.05, 0) is 55.8 Å². The summed E-state index contributed by atoms with van der Waals surface area (Å²) in [6.45, 7) is 9.35. The van der Waals surface area contributed by atoms with Crippen LogP contribution in [0.5, 0.6) is 0 Å². The lowest BCUT2D eigenvalue weighted by Crippen LogP contribution is -2.51. The van der Waals surface area contributed by atoms with Gasteiger partial charge in [0.15, 0.2) is 0 Å². The average molecular weight is 490 g/mol. The number of nitrogens with one attached hydrogen (secondary N) is 3. The van der Waals surface area contributed by atoms with Crippen LogP contribution < -0.4 is 16.2 Å². The highest BCUT2D eigenvalue weighted by molar-refractivity contribution is 5.94. The number of rotatable bonds is 4. The predicted octanol–water partition coefficient (Wildman–Crippen LogP) is 4.32. The first kappa shape index (κ1) is 26.2. The van der Waals surface area contributed by atoms with E-state index < -0.39 is 17.3 Å². The lowest BCUT2D eigenvalue weighted by atomic mass is 10.0. The number of nitrogens with zero attached hydrogens (tertiary/aromatic N) is 2. The molecule has 1 fully saturated rings.